The number of rotatable bonds is 7. The van der Waals surface area contributed by atoms with Crippen molar-refractivity contribution >= 4 is 33.3 Å². The summed E-state index contributed by atoms with van der Waals surface area (Å²) in [5.41, 5.74) is 2.11. The van der Waals surface area contributed by atoms with E-state index in [0.717, 1.165) is 21.8 Å². The quantitative estimate of drug-likeness (QED) is 0.716. The molecule has 1 aliphatic heterocycles. The Morgan fingerprint density at radius 2 is 2.19 bits per heavy atom. The van der Waals surface area contributed by atoms with Crippen molar-refractivity contribution < 1.29 is 17.9 Å². The molecule has 0 fully saturated rings. The van der Waals surface area contributed by atoms with Gasteiger partial charge in [-0.15, -0.1) is 11.3 Å². The van der Waals surface area contributed by atoms with E-state index in [1.807, 2.05) is 35.7 Å². The molecular weight excluding hydrogens is 384 g/mol. The maximum absolute atomic E-state index is 12.6. The molecule has 1 aromatic carbocycles. The molecule has 6 nitrogen and oxygen atoms in total. The van der Waals surface area contributed by atoms with Gasteiger partial charge in [-0.3, -0.25) is 4.79 Å². The fourth-order valence-corrected chi connectivity index (χ4v) is 4.84. The van der Waals surface area contributed by atoms with Crippen LogP contribution < -0.4 is 10.1 Å². The zero-order chi connectivity index (χ0) is 19.3. The molecule has 144 valence electrons. The number of carbonyl (C=O) groups is 1. The minimum Gasteiger partial charge on any atom is -0.497 e. The van der Waals surface area contributed by atoms with E-state index < -0.39 is 10.0 Å². The minimum atomic E-state index is -3.43. The second-order valence-electron chi connectivity index (χ2n) is 6.17. The summed E-state index contributed by atoms with van der Waals surface area (Å²) in [5, 5.41) is 4.56. The van der Waals surface area contributed by atoms with Gasteiger partial charge in [-0.1, -0.05) is 12.1 Å². The smallest absolute Gasteiger partial charge is 0.244 e. The van der Waals surface area contributed by atoms with Gasteiger partial charge in [-0.25, -0.2) is 8.42 Å². The van der Waals surface area contributed by atoms with Crippen molar-refractivity contribution in [3.63, 3.8) is 0 Å². The maximum Gasteiger partial charge on any atom is 0.244 e. The Hall–Kier alpha value is -2.16. The number of benzene rings is 1. The van der Waals surface area contributed by atoms with E-state index in [2.05, 4.69) is 5.32 Å². The first kappa shape index (κ1) is 19.6. The fraction of sp³-hybridized carbons (Fsp3) is 0.316. The summed E-state index contributed by atoms with van der Waals surface area (Å²) in [6, 6.07) is 9.52. The highest BCUT2D eigenvalue weighted by Crippen LogP contribution is 2.25. The van der Waals surface area contributed by atoms with Gasteiger partial charge >= 0.3 is 0 Å². The number of thiophene rings is 1. The Labute approximate surface area is 163 Å². The highest BCUT2D eigenvalue weighted by Gasteiger charge is 2.26. The lowest BCUT2D eigenvalue weighted by Gasteiger charge is -2.28. The van der Waals surface area contributed by atoms with Crippen molar-refractivity contribution in [1.29, 1.82) is 0 Å². The number of methoxy groups -OCH3 is 1. The van der Waals surface area contributed by atoms with E-state index in [9.17, 15) is 13.2 Å². The Morgan fingerprint density at radius 1 is 1.33 bits per heavy atom. The lowest BCUT2D eigenvalue weighted by molar-refractivity contribution is -0.116. The molecule has 8 heteroatoms. The molecule has 0 atom stereocenters. The first-order valence-corrected chi connectivity index (χ1v) is 11.1. The second kappa shape index (κ2) is 8.69. The first-order valence-electron chi connectivity index (χ1n) is 8.61. The molecule has 1 aliphatic rings. The highest BCUT2D eigenvalue weighted by atomic mass is 32.2. The molecule has 1 aromatic heterocycles. The van der Waals surface area contributed by atoms with Gasteiger partial charge in [0.25, 0.3) is 0 Å². The summed E-state index contributed by atoms with van der Waals surface area (Å²) < 4.78 is 31.9. The number of hydrogen-bond donors (Lipinski definition) is 1. The van der Waals surface area contributed by atoms with E-state index in [1.54, 1.807) is 13.2 Å². The molecule has 0 radical (unpaired) electrons. The number of amides is 1. The van der Waals surface area contributed by atoms with E-state index >= 15 is 0 Å². The van der Waals surface area contributed by atoms with Gasteiger partial charge in [-0.05, 0) is 47.2 Å². The van der Waals surface area contributed by atoms with Crippen LogP contribution in [0.1, 0.15) is 16.0 Å². The molecule has 0 saturated carbocycles. The molecule has 0 spiro atoms. The first-order chi connectivity index (χ1) is 13.0. The summed E-state index contributed by atoms with van der Waals surface area (Å²) in [7, 11) is -1.81. The van der Waals surface area contributed by atoms with Crippen LogP contribution in [-0.2, 0) is 27.8 Å². The Bertz CT molecular complexity index is 921. The molecule has 1 N–H and O–H groups in total. The van der Waals surface area contributed by atoms with Crippen molar-refractivity contribution in [2.24, 2.45) is 0 Å². The normalized spacial score (nSPS) is 14.9. The standard InChI is InChI=1S/C19H22N2O4S2/c1-25-17-5-4-16-14-21(10-8-15(16)13-17)27(23,24)12-9-20-19(22)7-6-18-3-2-11-26-18/h2-7,11,13H,8-10,12,14H2,1H3,(H,20,22)/b7-6+. The molecule has 0 bridgehead atoms. The molecule has 0 saturated heterocycles. The van der Waals surface area contributed by atoms with E-state index in [4.69, 9.17) is 4.74 Å². The number of fused-ring (bicyclic) bond motifs is 1. The second-order valence-corrected chi connectivity index (χ2v) is 9.24. The molecule has 1 amide bonds. The predicted molar refractivity (Wildman–Crippen MR) is 107 cm³/mol. The van der Waals surface area contributed by atoms with Crippen molar-refractivity contribution in [2.75, 3.05) is 26.0 Å². The SMILES string of the molecule is COc1ccc2c(c1)CCN(S(=O)(=O)CCNC(=O)/C=C/c1cccs1)C2. The van der Waals surface area contributed by atoms with Crippen LogP contribution in [-0.4, -0.2) is 44.6 Å². The summed E-state index contributed by atoms with van der Waals surface area (Å²) in [5.74, 6) is 0.370. The van der Waals surface area contributed by atoms with Crippen LogP contribution in [0.15, 0.2) is 41.8 Å². The minimum absolute atomic E-state index is 0.0852. The molecule has 3 rings (SSSR count). The van der Waals surface area contributed by atoms with Crippen LogP contribution in [0.25, 0.3) is 6.08 Å². The Balaban J connectivity index is 1.52. The summed E-state index contributed by atoms with van der Waals surface area (Å²) >= 11 is 1.53. The summed E-state index contributed by atoms with van der Waals surface area (Å²) in [6.45, 7) is 0.879. The van der Waals surface area contributed by atoms with Gasteiger partial charge in [-0.2, -0.15) is 4.31 Å². The molecule has 27 heavy (non-hydrogen) atoms. The van der Waals surface area contributed by atoms with Crippen LogP contribution in [0.4, 0.5) is 0 Å². The van der Waals surface area contributed by atoms with E-state index in [-0.39, 0.29) is 18.2 Å². The van der Waals surface area contributed by atoms with Gasteiger partial charge in [0.05, 0.1) is 12.9 Å². The molecule has 0 aliphatic carbocycles. The van der Waals surface area contributed by atoms with E-state index in [1.165, 1.54) is 21.7 Å². The van der Waals surface area contributed by atoms with Crippen LogP contribution in [0.3, 0.4) is 0 Å². The third kappa shape index (κ3) is 5.18. The number of sulfonamides is 1. The van der Waals surface area contributed by atoms with Crippen LogP contribution in [0, 0.1) is 0 Å². The average molecular weight is 407 g/mol. The summed E-state index contributed by atoms with van der Waals surface area (Å²) in [4.78, 5) is 12.8. The third-order valence-corrected chi connectivity index (χ3v) is 7.04. The van der Waals surface area contributed by atoms with Crippen molar-refractivity contribution in [2.45, 2.75) is 13.0 Å². The topological polar surface area (TPSA) is 75.7 Å². The third-order valence-electron chi connectivity index (χ3n) is 4.39. The van der Waals surface area contributed by atoms with Gasteiger partial charge in [0.1, 0.15) is 5.75 Å². The molecule has 0 unspecified atom stereocenters. The van der Waals surface area contributed by atoms with Crippen LogP contribution >= 0.6 is 11.3 Å². The number of nitrogens with one attached hydrogen (secondary N) is 1. The largest absolute Gasteiger partial charge is 0.497 e. The molecular formula is C19H22N2O4S2. The zero-order valence-electron chi connectivity index (χ0n) is 15.1. The number of ether oxygens (including phenoxy) is 1. The Morgan fingerprint density at radius 3 is 2.93 bits per heavy atom. The molecule has 2 heterocycles. The number of nitrogens with zero attached hydrogens (tertiary/aromatic N) is 1. The Kier molecular flexibility index (Phi) is 6.30. The van der Waals surface area contributed by atoms with Gasteiger partial charge in [0.15, 0.2) is 0 Å². The van der Waals surface area contributed by atoms with Crippen LogP contribution in [0.2, 0.25) is 0 Å². The average Bonchev–Trinajstić information content (AvgIpc) is 3.19. The van der Waals surface area contributed by atoms with Gasteiger partial charge in [0.2, 0.25) is 15.9 Å². The highest BCUT2D eigenvalue weighted by molar-refractivity contribution is 7.89. The lowest BCUT2D eigenvalue weighted by Crippen LogP contribution is -2.40. The monoisotopic (exact) mass is 406 g/mol. The van der Waals surface area contributed by atoms with Crippen molar-refractivity contribution in [3.05, 3.63) is 57.8 Å². The number of hydrogen-bond acceptors (Lipinski definition) is 5. The van der Waals surface area contributed by atoms with Gasteiger partial charge < -0.3 is 10.1 Å². The molecule has 2 aromatic rings. The lowest BCUT2D eigenvalue weighted by atomic mass is 10.0. The van der Waals surface area contributed by atoms with Gasteiger partial charge in [0, 0.05) is 30.6 Å². The fourth-order valence-electron chi connectivity index (χ4n) is 2.90. The van der Waals surface area contributed by atoms with E-state index in [0.29, 0.717) is 19.5 Å². The zero-order valence-corrected chi connectivity index (χ0v) is 16.7. The van der Waals surface area contributed by atoms with Crippen molar-refractivity contribution in [1.82, 2.24) is 9.62 Å². The van der Waals surface area contributed by atoms with Crippen LogP contribution in [0.5, 0.6) is 5.75 Å². The maximum atomic E-state index is 12.6. The predicted octanol–water partition coefficient (Wildman–Crippen LogP) is 2.27. The van der Waals surface area contributed by atoms with Crippen molar-refractivity contribution in [3.8, 4) is 5.75 Å². The summed E-state index contributed by atoms with van der Waals surface area (Å²) in [6.07, 6.45) is 3.79. The number of carbonyl (C=O) groups excluding carboxylic acids is 1.